The predicted molar refractivity (Wildman–Crippen MR) is 162 cm³/mol. The summed E-state index contributed by atoms with van der Waals surface area (Å²) in [6, 6.07) is 0. The van der Waals surface area contributed by atoms with Crippen molar-refractivity contribution < 1.29 is 10.2 Å². The van der Waals surface area contributed by atoms with Gasteiger partial charge in [-0.15, -0.1) is 0 Å². The molecule has 0 spiro atoms. The van der Waals surface area contributed by atoms with E-state index in [4.69, 9.17) is 0 Å². The second kappa shape index (κ2) is 8.74. The van der Waals surface area contributed by atoms with E-state index in [1.807, 2.05) is 0 Å². The highest BCUT2D eigenvalue weighted by Crippen LogP contribution is 2.76. The third-order valence-corrected chi connectivity index (χ3v) is 17.0. The van der Waals surface area contributed by atoms with E-state index >= 15 is 0 Å². The van der Waals surface area contributed by atoms with Gasteiger partial charge < -0.3 is 10.2 Å². The van der Waals surface area contributed by atoms with Gasteiger partial charge in [0.25, 0.3) is 0 Å². The molecule has 222 valence electrons. The van der Waals surface area contributed by atoms with Crippen LogP contribution < -0.4 is 0 Å². The topological polar surface area (TPSA) is 40.5 Å². The van der Waals surface area contributed by atoms with Crippen molar-refractivity contribution in [3.05, 3.63) is 24.3 Å². The molecule has 0 radical (unpaired) electrons. The summed E-state index contributed by atoms with van der Waals surface area (Å²) in [6.07, 6.45) is 28.8. The molecule has 2 N–H and O–H groups in total. The van der Waals surface area contributed by atoms with Crippen LogP contribution in [0.15, 0.2) is 24.3 Å². The zero-order valence-corrected chi connectivity index (χ0v) is 26.1. The van der Waals surface area contributed by atoms with Crippen LogP contribution in [0.1, 0.15) is 124 Å². The number of allylic oxidation sites excluding steroid dienone is 3. The number of aliphatic hydroxyl groups excluding tert-OH is 2. The lowest BCUT2D eigenvalue weighted by atomic mass is 9.32. The summed E-state index contributed by atoms with van der Waals surface area (Å²) >= 11 is 0. The third kappa shape index (κ3) is 3.31. The summed E-state index contributed by atoms with van der Waals surface area (Å²) < 4.78 is 0. The summed E-state index contributed by atoms with van der Waals surface area (Å²) in [5.41, 5.74) is 1.52. The molecule has 0 aromatic carbocycles. The van der Waals surface area contributed by atoms with Crippen molar-refractivity contribution in [2.75, 3.05) is 0 Å². The predicted octanol–water partition coefficient (Wildman–Crippen LogP) is 8.72. The summed E-state index contributed by atoms with van der Waals surface area (Å²) in [5.74, 6) is 6.12. The van der Waals surface area contributed by atoms with Gasteiger partial charge in [0.2, 0.25) is 0 Å². The highest BCUT2D eigenvalue weighted by Gasteiger charge is 2.70. The van der Waals surface area contributed by atoms with Gasteiger partial charge in [-0.1, -0.05) is 58.4 Å². The maximum atomic E-state index is 11.6. The lowest BCUT2D eigenvalue weighted by Crippen LogP contribution is -2.66. The molecule has 2 heteroatoms. The van der Waals surface area contributed by atoms with Crippen molar-refractivity contribution in [3.63, 3.8) is 0 Å². The van der Waals surface area contributed by atoms with Gasteiger partial charge >= 0.3 is 0 Å². The molecule has 40 heavy (non-hydrogen) atoms. The summed E-state index contributed by atoms with van der Waals surface area (Å²) in [4.78, 5) is 0. The monoisotopic (exact) mass is 546 g/mol. The van der Waals surface area contributed by atoms with Crippen molar-refractivity contribution in [1.82, 2.24) is 0 Å². The fourth-order valence-corrected chi connectivity index (χ4v) is 15.2. The minimum atomic E-state index is -0.320. The van der Waals surface area contributed by atoms with Gasteiger partial charge in [-0.25, -0.2) is 0 Å². The van der Waals surface area contributed by atoms with Crippen LogP contribution in [-0.4, -0.2) is 22.4 Å². The lowest BCUT2D eigenvalue weighted by molar-refractivity contribution is -0.235. The average Bonchev–Trinajstić information content (AvgIpc) is 3.51. The zero-order valence-electron chi connectivity index (χ0n) is 26.1. The second-order valence-corrected chi connectivity index (χ2v) is 17.9. The van der Waals surface area contributed by atoms with Crippen LogP contribution in [0, 0.1) is 74.4 Å². The second-order valence-electron chi connectivity index (χ2n) is 17.9. The Bertz CT molecular complexity index is 1090. The third-order valence-electron chi connectivity index (χ3n) is 17.0. The van der Waals surface area contributed by atoms with Crippen LogP contribution in [0.3, 0.4) is 0 Å². The normalized spacial score (nSPS) is 62.0. The van der Waals surface area contributed by atoms with Crippen molar-refractivity contribution in [2.45, 2.75) is 136 Å². The van der Waals surface area contributed by atoms with E-state index < -0.39 is 0 Å². The molecule has 15 atom stereocenters. The Morgan fingerprint density at radius 1 is 0.700 bits per heavy atom. The molecule has 0 saturated heterocycles. The number of fused-ring (bicyclic) bond motifs is 10. The zero-order chi connectivity index (χ0) is 27.7. The molecule has 6 fully saturated rings. The summed E-state index contributed by atoms with van der Waals surface area (Å²) in [7, 11) is 0. The Balaban J connectivity index is 1.23. The van der Waals surface area contributed by atoms with Crippen molar-refractivity contribution in [2.24, 2.45) is 74.4 Å². The molecule has 8 rings (SSSR count). The van der Waals surface area contributed by atoms with Crippen LogP contribution in [0.25, 0.3) is 0 Å². The van der Waals surface area contributed by atoms with Gasteiger partial charge in [0.15, 0.2) is 0 Å². The first kappa shape index (κ1) is 27.0. The standard InChI is InChI=1S/C38H58O2/c1-34-15-6-8-30(34)28-12-20-38(23-25(39)11-19-36(38,3)31(28)13-17-34)33-22-26(40)21-24-9-10-27-29-7-5-16-35(29,2)18-14-32(27)37(24,33)4/h5,11,16,19,24-33,39-40H,6-10,12-15,17-18,20-23H2,1-4H3/t24?,25?,26?,27-,28-,29-,30-,31+,32+,33?,34-,35-,36+,37-,38?/m0/s1. The van der Waals surface area contributed by atoms with Crippen LogP contribution in [0.4, 0.5) is 0 Å². The van der Waals surface area contributed by atoms with E-state index in [0.29, 0.717) is 22.7 Å². The van der Waals surface area contributed by atoms with E-state index in [0.717, 1.165) is 54.8 Å². The fourth-order valence-electron chi connectivity index (χ4n) is 15.2. The van der Waals surface area contributed by atoms with Gasteiger partial charge in [0.1, 0.15) is 0 Å². The molecule has 6 saturated carbocycles. The Hall–Kier alpha value is -0.600. The first-order valence-corrected chi connectivity index (χ1v) is 17.8. The molecular formula is C38H58O2. The first-order valence-electron chi connectivity index (χ1n) is 17.8. The maximum Gasteiger partial charge on any atom is 0.0726 e. The molecule has 5 unspecified atom stereocenters. The van der Waals surface area contributed by atoms with Gasteiger partial charge in [0, 0.05) is 0 Å². The van der Waals surface area contributed by atoms with E-state index in [9.17, 15) is 10.2 Å². The molecule has 2 nitrogen and oxygen atoms in total. The molecule has 0 aromatic heterocycles. The van der Waals surface area contributed by atoms with Crippen LogP contribution >= 0.6 is 0 Å². The molecule has 0 bridgehead atoms. The number of aliphatic hydroxyl groups is 2. The van der Waals surface area contributed by atoms with Crippen molar-refractivity contribution in [3.8, 4) is 0 Å². The first-order chi connectivity index (χ1) is 19.0. The molecule has 0 heterocycles. The van der Waals surface area contributed by atoms with Crippen LogP contribution in [0.5, 0.6) is 0 Å². The molecule has 0 aliphatic heterocycles. The van der Waals surface area contributed by atoms with Crippen molar-refractivity contribution >= 4 is 0 Å². The number of hydrogen-bond donors (Lipinski definition) is 2. The Kier molecular flexibility index (Phi) is 5.90. The molecule has 0 aromatic rings. The van der Waals surface area contributed by atoms with Crippen molar-refractivity contribution in [1.29, 1.82) is 0 Å². The van der Waals surface area contributed by atoms with Gasteiger partial charge in [-0.3, -0.25) is 0 Å². The molecule has 8 aliphatic rings. The fraction of sp³-hybridized carbons (Fsp3) is 0.895. The highest BCUT2D eigenvalue weighted by molar-refractivity contribution is 5.26. The number of rotatable bonds is 1. The molecule has 8 aliphatic carbocycles. The maximum absolute atomic E-state index is 11.6. The van der Waals surface area contributed by atoms with Gasteiger partial charge in [-0.05, 0) is 164 Å². The Morgan fingerprint density at radius 2 is 1.50 bits per heavy atom. The van der Waals surface area contributed by atoms with Crippen LogP contribution in [0.2, 0.25) is 0 Å². The van der Waals surface area contributed by atoms with Gasteiger partial charge in [0.05, 0.1) is 12.2 Å². The van der Waals surface area contributed by atoms with E-state index in [1.54, 1.807) is 0 Å². The highest BCUT2D eigenvalue weighted by atomic mass is 16.3. The molecule has 0 amide bonds. The number of hydrogen-bond acceptors (Lipinski definition) is 2. The lowest BCUT2D eigenvalue weighted by Gasteiger charge is -2.72. The Morgan fingerprint density at radius 3 is 2.35 bits per heavy atom. The quantitative estimate of drug-likeness (QED) is 0.323. The Labute approximate surface area is 244 Å². The average molecular weight is 547 g/mol. The van der Waals surface area contributed by atoms with E-state index in [2.05, 4.69) is 52.0 Å². The molecular weight excluding hydrogens is 488 g/mol. The smallest absolute Gasteiger partial charge is 0.0726 e. The largest absolute Gasteiger partial charge is 0.393 e. The summed E-state index contributed by atoms with van der Waals surface area (Å²) in [5, 5.41) is 23.0. The van der Waals surface area contributed by atoms with E-state index in [1.165, 1.54) is 77.0 Å². The minimum absolute atomic E-state index is 0.111. The van der Waals surface area contributed by atoms with Gasteiger partial charge in [-0.2, -0.15) is 0 Å². The van der Waals surface area contributed by atoms with Crippen LogP contribution in [-0.2, 0) is 0 Å². The minimum Gasteiger partial charge on any atom is -0.393 e. The summed E-state index contributed by atoms with van der Waals surface area (Å²) in [6.45, 7) is 10.6. The van der Waals surface area contributed by atoms with E-state index in [-0.39, 0.29) is 28.5 Å². The SMILES string of the molecule is C[C@@]12CCC[C@H]1[C@@H]1CCC3(C4CC(O)CC5CC[C@@H]6[C@@H](CC[C@]7(C)C=CC[C@@H]67)[C@]54C)CC(O)C=C[C@]3(C)[C@@H]1CC2.